The molecule has 0 N–H and O–H groups in total. The molecule has 162 valence electrons. The van der Waals surface area contributed by atoms with Crippen LogP contribution in [0.15, 0.2) is 12.4 Å². The number of hydrogen-bond acceptors (Lipinski definition) is 6. The Morgan fingerprint density at radius 1 is 1.00 bits per heavy atom. The molecule has 2 aliphatic rings. The highest BCUT2D eigenvalue weighted by atomic mass is 16.5. The fourth-order valence-corrected chi connectivity index (χ4v) is 4.39. The van der Waals surface area contributed by atoms with Gasteiger partial charge in [0.15, 0.2) is 5.82 Å². The second-order valence-electron chi connectivity index (χ2n) is 8.19. The predicted molar refractivity (Wildman–Crippen MR) is 115 cm³/mol. The fraction of sp³-hybridized carbons (Fsp3) is 0.636. The minimum Gasteiger partial charge on any atom is -0.378 e. The molecule has 0 aliphatic carbocycles. The Balaban J connectivity index is 1.47. The number of carbonyl (C=O) groups excluding carboxylic acids is 1. The van der Waals surface area contributed by atoms with E-state index in [9.17, 15) is 4.79 Å². The number of aryl methyl sites for hydroxylation is 1. The molecule has 0 saturated carbocycles. The van der Waals surface area contributed by atoms with Gasteiger partial charge in [0.1, 0.15) is 12.1 Å². The Labute approximate surface area is 178 Å². The van der Waals surface area contributed by atoms with Crippen LogP contribution in [0.4, 0.5) is 5.82 Å². The molecule has 0 radical (unpaired) electrons. The highest BCUT2D eigenvalue weighted by molar-refractivity contribution is 5.76. The van der Waals surface area contributed by atoms with Gasteiger partial charge >= 0.3 is 0 Å². The zero-order valence-electron chi connectivity index (χ0n) is 18.1. The van der Waals surface area contributed by atoms with E-state index in [0.717, 1.165) is 67.6 Å². The van der Waals surface area contributed by atoms with Gasteiger partial charge in [0.2, 0.25) is 5.91 Å². The van der Waals surface area contributed by atoms with Crippen molar-refractivity contribution in [2.45, 2.75) is 52.4 Å². The molecular weight excluding hydrogens is 380 g/mol. The number of carbonyl (C=O) groups is 1. The number of morpholine rings is 1. The third kappa shape index (κ3) is 4.64. The Morgan fingerprint density at radius 3 is 2.43 bits per heavy atom. The molecule has 0 bridgehead atoms. The number of nitrogens with zero attached hydrogens (tertiary/aromatic N) is 6. The van der Waals surface area contributed by atoms with E-state index >= 15 is 0 Å². The highest BCUT2D eigenvalue weighted by Crippen LogP contribution is 2.21. The molecule has 0 unspecified atom stereocenters. The predicted octanol–water partition coefficient (Wildman–Crippen LogP) is 2.45. The lowest BCUT2D eigenvalue weighted by atomic mass is 10.1. The van der Waals surface area contributed by atoms with Gasteiger partial charge in [-0.3, -0.25) is 4.79 Å². The van der Waals surface area contributed by atoms with E-state index < -0.39 is 0 Å². The first-order valence-electron chi connectivity index (χ1n) is 11.1. The number of hydrogen-bond donors (Lipinski definition) is 0. The summed E-state index contributed by atoms with van der Waals surface area (Å²) in [7, 11) is 0. The smallest absolute Gasteiger partial charge is 0.222 e. The van der Waals surface area contributed by atoms with Crippen LogP contribution in [-0.2, 0) is 16.0 Å². The van der Waals surface area contributed by atoms with Crippen molar-refractivity contribution in [3.63, 3.8) is 0 Å². The average molecular weight is 413 g/mol. The van der Waals surface area contributed by atoms with Crippen molar-refractivity contribution in [3.8, 4) is 5.82 Å². The molecule has 2 fully saturated rings. The molecular formula is C22H32N6O2. The van der Waals surface area contributed by atoms with Gasteiger partial charge < -0.3 is 14.5 Å². The van der Waals surface area contributed by atoms with E-state index in [1.54, 1.807) is 6.33 Å². The zero-order chi connectivity index (χ0) is 20.9. The molecule has 2 aromatic rings. The van der Waals surface area contributed by atoms with Crippen LogP contribution in [0, 0.1) is 13.8 Å². The summed E-state index contributed by atoms with van der Waals surface area (Å²) in [6, 6.07) is 1.98. The minimum absolute atomic E-state index is 0.264. The van der Waals surface area contributed by atoms with Crippen molar-refractivity contribution in [2.75, 3.05) is 44.3 Å². The van der Waals surface area contributed by atoms with E-state index in [4.69, 9.17) is 9.84 Å². The summed E-state index contributed by atoms with van der Waals surface area (Å²) < 4.78 is 7.32. The molecule has 8 heteroatoms. The summed E-state index contributed by atoms with van der Waals surface area (Å²) >= 11 is 0. The lowest BCUT2D eigenvalue weighted by Crippen LogP contribution is -2.36. The van der Waals surface area contributed by atoms with E-state index in [2.05, 4.69) is 21.8 Å². The minimum atomic E-state index is 0.264. The van der Waals surface area contributed by atoms with Crippen molar-refractivity contribution in [1.82, 2.24) is 24.6 Å². The standard InChI is InChI=1S/C22H32N6O2/c1-17-19(7-8-22(29)27-9-5-3-4-6-10-27)18(2)28(25-17)21-15-20(23-16-24-21)26-11-13-30-14-12-26/h15-16H,3-14H2,1-2H3. The summed E-state index contributed by atoms with van der Waals surface area (Å²) in [4.78, 5) is 25.8. The lowest BCUT2D eigenvalue weighted by molar-refractivity contribution is -0.131. The monoisotopic (exact) mass is 412 g/mol. The second-order valence-corrected chi connectivity index (χ2v) is 8.19. The number of likely N-dealkylation sites (tertiary alicyclic amines) is 1. The number of amides is 1. The van der Waals surface area contributed by atoms with Crippen molar-refractivity contribution >= 4 is 11.7 Å². The van der Waals surface area contributed by atoms with Crippen LogP contribution in [0.1, 0.15) is 49.1 Å². The maximum Gasteiger partial charge on any atom is 0.222 e. The Hall–Kier alpha value is -2.48. The van der Waals surface area contributed by atoms with E-state index in [0.29, 0.717) is 26.1 Å². The Kier molecular flexibility index (Phi) is 6.62. The number of aromatic nitrogens is 4. The molecule has 30 heavy (non-hydrogen) atoms. The van der Waals surface area contributed by atoms with Gasteiger partial charge in [-0.1, -0.05) is 12.8 Å². The van der Waals surface area contributed by atoms with Gasteiger partial charge in [0.05, 0.1) is 18.9 Å². The molecule has 0 aromatic carbocycles. The summed E-state index contributed by atoms with van der Waals surface area (Å²) in [6.07, 6.45) is 7.58. The molecule has 4 rings (SSSR count). The third-order valence-corrected chi connectivity index (χ3v) is 6.18. The fourth-order valence-electron chi connectivity index (χ4n) is 4.39. The highest BCUT2D eigenvalue weighted by Gasteiger charge is 2.20. The van der Waals surface area contributed by atoms with Crippen LogP contribution in [0.5, 0.6) is 0 Å². The third-order valence-electron chi connectivity index (χ3n) is 6.18. The number of rotatable bonds is 5. The van der Waals surface area contributed by atoms with Gasteiger partial charge in [-0.25, -0.2) is 14.6 Å². The zero-order valence-corrected chi connectivity index (χ0v) is 18.1. The van der Waals surface area contributed by atoms with Crippen molar-refractivity contribution < 1.29 is 9.53 Å². The molecule has 1 amide bonds. The maximum atomic E-state index is 12.7. The summed E-state index contributed by atoms with van der Waals surface area (Å²) in [6.45, 7) is 8.97. The van der Waals surface area contributed by atoms with Crippen molar-refractivity contribution in [1.29, 1.82) is 0 Å². The van der Waals surface area contributed by atoms with Crippen molar-refractivity contribution in [3.05, 3.63) is 29.3 Å². The summed E-state index contributed by atoms with van der Waals surface area (Å²) in [5.74, 6) is 1.92. The molecule has 2 saturated heterocycles. The molecule has 8 nitrogen and oxygen atoms in total. The SMILES string of the molecule is Cc1nn(-c2cc(N3CCOCC3)ncn2)c(C)c1CCC(=O)N1CCCCCC1. The molecule has 0 spiro atoms. The van der Waals surface area contributed by atoms with Crippen LogP contribution >= 0.6 is 0 Å². The van der Waals surface area contributed by atoms with Crippen molar-refractivity contribution in [2.24, 2.45) is 0 Å². The van der Waals surface area contributed by atoms with Crippen LogP contribution < -0.4 is 4.90 Å². The second kappa shape index (κ2) is 9.55. The van der Waals surface area contributed by atoms with E-state index in [1.165, 1.54) is 12.8 Å². The van der Waals surface area contributed by atoms with Gasteiger partial charge in [-0.15, -0.1) is 0 Å². The Bertz CT molecular complexity index is 867. The average Bonchev–Trinajstić information content (AvgIpc) is 2.95. The number of ether oxygens (including phenoxy) is 1. The van der Waals surface area contributed by atoms with Crippen LogP contribution in [0.25, 0.3) is 5.82 Å². The van der Waals surface area contributed by atoms with Gasteiger partial charge in [0, 0.05) is 44.4 Å². The molecule has 4 heterocycles. The van der Waals surface area contributed by atoms with Gasteiger partial charge in [-0.05, 0) is 38.7 Å². The molecule has 2 aromatic heterocycles. The van der Waals surface area contributed by atoms with Gasteiger partial charge in [-0.2, -0.15) is 5.10 Å². The topological polar surface area (TPSA) is 76.4 Å². The largest absolute Gasteiger partial charge is 0.378 e. The first-order valence-corrected chi connectivity index (χ1v) is 11.1. The normalized spacial score (nSPS) is 17.8. The molecule has 2 aliphatic heterocycles. The molecule has 0 atom stereocenters. The summed E-state index contributed by atoms with van der Waals surface area (Å²) in [5.41, 5.74) is 3.15. The van der Waals surface area contributed by atoms with Crippen LogP contribution in [0.3, 0.4) is 0 Å². The van der Waals surface area contributed by atoms with Gasteiger partial charge in [0.25, 0.3) is 0 Å². The van der Waals surface area contributed by atoms with E-state index in [1.807, 2.05) is 22.6 Å². The Morgan fingerprint density at radius 2 is 1.70 bits per heavy atom. The first-order chi connectivity index (χ1) is 14.6. The summed E-state index contributed by atoms with van der Waals surface area (Å²) in [5, 5.41) is 4.73. The first kappa shape index (κ1) is 20.8. The van der Waals surface area contributed by atoms with Crippen LogP contribution in [0.2, 0.25) is 0 Å². The number of anilines is 1. The van der Waals surface area contributed by atoms with Crippen LogP contribution in [-0.4, -0.2) is 69.9 Å². The lowest BCUT2D eigenvalue weighted by Gasteiger charge is -2.27. The quantitative estimate of drug-likeness (QED) is 0.751. The van der Waals surface area contributed by atoms with E-state index in [-0.39, 0.29) is 5.91 Å². The maximum absolute atomic E-state index is 12.7.